The lowest BCUT2D eigenvalue weighted by molar-refractivity contribution is 0.0965. The summed E-state index contributed by atoms with van der Waals surface area (Å²) in [5.41, 5.74) is 3.24. The maximum Gasteiger partial charge on any atom is 0.166 e. The molecule has 0 spiro atoms. The Kier molecular flexibility index (Phi) is 7.52. The number of ether oxygens (including phenoxy) is 1. The Balaban J connectivity index is 1.58. The molecule has 5 heteroatoms. The molecule has 0 bridgehead atoms. The number of pyridine rings is 1. The number of phenols is 1. The molecule has 3 aromatic rings. The zero-order valence-electron chi connectivity index (χ0n) is 17.6. The van der Waals surface area contributed by atoms with Gasteiger partial charge in [0.2, 0.25) is 0 Å². The van der Waals surface area contributed by atoms with E-state index in [1.165, 1.54) is 10.5 Å². The van der Waals surface area contributed by atoms with Gasteiger partial charge in [0.15, 0.2) is 5.78 Å². The molecule has 0 atom stereocenters. The zero-order chi connectivity index (χ0) is 21.5. The number of hydrogen-bond donors (Lipinski definition) is 1. The van der Waals surface area contributed by atoms with Gasteiger partial charge in [-0.2, -0.15) is 0 Å². The minimum absolute atomic E-state index is 0.0154. The Morgan fingerprint density at radius 3 is 2.37 bits per heavy atom. The van der Waals surface area contributed by atoms with Gasteiger partial charge < -0.3 is 9.84 Å². The average Bonchev–Trinajstić information content (AvgIpc) is 2.74. The maximum atomic E-state index is 12.3. The van der Waals surface area contributed by atoms with Crippen molar-refractivity contribution in [1.82, 2.24) is 4.98 Å². The second-order valence-electron chi connectivity index (χ2n) is 7.68. The van der Waals surface area contributed by atoms with Gasteiger partial charge in [0, 0.05) is 35.0 Å². The second kappa shape index (κ2) is 10.3. The number of phenolic OH excluding ortho intramolecular Hbond substituents is 1. The van der Waals surface area contributed by atoms with Gasteiger partial charge in [-0.3, -0.25) is 9.78 Å². The van der Waals surface area contributed by atoms with Crippen LogP contribution in [0.4, 0.5) is 0 Å². The highest BCUT2D eigenvalue weighted by Crippen LogP contribution is 2.32. The van der Waals surface area contributed by atoms with Gasteiger partial charge in [0.1, 0.15) is 18.1 Å². The number of rotatable bonds is 9. The Labute approximate surface area is 182 Å². The van der Waals surface area contributed by atoms with E-state index in [0.29, 0.717) is 29.9 Å². The summed E-state index contributed by atoms with van der Waals surface area (Å²) in [4.78, 5) is 17.5. The number of nitrogens with zero attached hydrogens (tertiary/aromatic N) is 1. The van der Waals surface area contributed by atoms with Crippen molar-refractivity contribution in [3.8, 4) is 11.5 Å². The fourth-order valence-electron chi connectivity index (χ4n) is 3.04. The van der Waals surface area contributed by atoms with Crippen LogP contribution in [0.25, 0.3) is 0 Å². The first-order valence-electron chi connectivity index (χ1n) is 10.0. The highest BCUT2D eigenvalue weighted by atomic mass is 32.2. The van der Waals surface area contributed by atoms with E-state index in [1.807, 2.05) is 26.0 Å². The van der Waals surface area contributed by atoms with Crippen molar-refractivity contribution in [2.24, 2.45) is 5.92 Å². The number of hydrogen-bond acceptors (Lipinski definition) is 5. The molecule has 1 N–H and O–H groups in total. The zero-order valence-corrected chi connectivity index (χ0v) is 18.4. The van der Waals surface area contributed by atoms with Crippen LogP contribution < -0.4 is 4.74 Å². The topological polar surface area (TPSA) is 59.4 Å². The molecule has 156 valence electrons. The number of aromatic hydroxyl groups is 1. The van der Waals surface area contributed by atoms with Crippen molar-refractivity contribution in [3.05, 3.63) is 83.2 Å². The Morgan fingerprint density at radius 1 is 1.03 bits per heavy atom. The van der Waals surface area contributed by atoms with Crippen molar-refractivity contribution in [2.75, 3.05) is 0 Å². The van der Waals surface area contributed by atoms with Crippen LogP contribution in [0.3, 0.4) is 0 Å². The van der Waals surface area contributed by atoms with Gasteiger partial charge >= 0.3 is 0 Å². The lowest BCUT2D eigenvalue weighted by Gasteiger charge is -2.14. The number of Topliss-reactive ketones (excluding diaryl/α,β-unsaturated/α-hetero) is 1. The van der Waals surface area contributed by atoms with Gasteiger partial charge in [-0.15, -0.1) is 11.8 Å². The SMILES string of the molecule is Cc1c(OCc2ccc(CSc3ccncc3)cc2)ccc(C(=O)CC(C)C)c1O. The molecule has 1 heterocycles. The third-order valence-corrected chi connectivity index (χ3v) is 5.83. The molecule has 2 aromatic carbocycles. The summed E-state index contributed by atoms with van der Waals surface area (Å²) in [6.45, 7) is 6.15. The summed E-state index contributed by atoms with van der Waals surface area (Å²) in [7, 11) is 0. The quantitative estimate of drug-likeness (QED) is 0.329. The van der Waals surface area contributed by atoms with E-state index in [9.17, 15) is 9.90 Å². The summed E-state index contributed by atoms with van der Waals surface area (Å²) >= 11 is 1.77. The van der Waals surface area contributed by atoms with Crippen LogP contribution >= 0.6 is 11.8 Å². The van der Waals surface area contributed by atoms with Gasteiger partial charge in [-0.05, 0) is 48.2 Å². The van der Waals surface area contributed by atoms with Crippen LogP contribution in [0.2, 0.25) is 0 Å². The first kappa shape index (κ1) is 21.9. The van der Waals surface area contributed by atoms with Crippen LogP contribution in [0, 0.1) is 12.8 Å². The number of ketones is 1. The molecule has 3 rings (SSSR count). The molecular weight excluding hydrogens is 394 g/mol. The molecule has 0 aliphatic carbocycles. The van der Waals surface area contributed by atoms with Gasteiger partial charge in [0.25, 0.3) is 0 Å². The average molecular weight is 422 g/mol. The lowest BCUT2D eigenvalue weighted by atomic mass is 9.98. The van der Waals surface area contributed by atoms with Crippen molar-refractivity contribution < 1.29 is 14.6 Å². The van der Waals surface area contributed by atoms with Crippen LogP contribution in [-0.4, -0.2) is 15.9 Å². The van der Waals surface area contributed by atoms with Crippen molar-refractivity contribution in [3.63, 3.8) is 0 Å². The predicted molar refractivity (Wildman–Crippen MR) is 121 cm³/mol. The summed E-state index contributed by atoms with van der Waals surface area (Å²) in [5.74, 6) is 1.70. The summed E-state index contributed by atoms with van der Waals surface area (Å²) in [5, 5.41) is 10.4. The molecular formula is C25H27NO3S. The summed E-state index contributed by atoms with van der Waals surface area (Å²) in [6.07, 6.45) is 4.02. The number of aromatic nitrogens is 1. The molecule has 0 saturated carbocycles. The van der Waals surface area contributed by atoms with Crippen LogP contribution in [0.5, 0.6) is 11.5 Å². The second-order valence-corrected chi connectivity index (χ2v) is 8.73. The fourth-order valence-corrected chi connectivity index (χ4v) is 3.88. The van der Waals surface area contributed by atoms with Gasteiger partial charge in [-0.1, -0.05) is 38.1 Å². The number of benzene rings is 2. The fraction of sp³-hybridized carbons (Fsp3) is 0.280. The predicted octanol–water partition coefficient (Wildman–Crippen LogP) is 6.20. The van der Waals surface area contributed by atoms with Crippen molar-refractivity contribution in [1.29, 1.82) is 0 Å². The van der Waals surface area contributed by atoms with Gasteiger partial charge in [0.05, 0.1) is 5.56 Å². The summed E-state index contributed by atoms with van der Waals surface area (Å²) in [6, 6.07) is 15.7. The van der Waals surface area contributed by atoms with Crippen LogP contribution in [0.1, 0.15) is 47.3 Å². The molecule has 0 radical (unpaired) electrons. The lowest BCUT2D eigenvalue weighted by Crippen LogP contribution is -2.05. The number of carbonyl (C=O) groups excluding carboxylic acids is 1. The smallest absolute Gasteiger partial charge is 0.166 e. The molecule has 0 amide bonds. The highest BCUT2D eigenvalue weighted by Gasteiger charge is 2.17. The minimum atomic E-state index is -0.0441. The standard InChI is InChI=1S/C25H27NO3S/c1-17(2)14-23(27)22-8-9-24(18(3)25(22)28)29-15-19-4-6-20(7-5-19)16-30-21-10-12-26-13-11-21/h4-13,17,28H,14-16H2,1-3H3. The summed E-state index contributed by atoms with van der Waals surface area (Å²) < 4.78 is 5.91. The van der Waals surface area contributed by atoms with E-state index in [-0.39, 0.29) is 17.5 Å². The minimum Gasteiger partial charge on any atom is -0.507 e. The normalized spacial score (nSPS) is 10.9. The third kappa shape index (κ3) is 5.86. The molecule has 0 unspecified atom stereocenters. The van der Waals surface area contributed by atoms with Crippen LogP contribution in [-0.2, 0) is 12.4 Å². The van der Waals surface area contributed by atoms with Crippen molar-refractivity contribution in [2.45, 2.75) is 44.4 Å². The molecule has 4 nitrogen and oxygen atoms in total. The largest absolute Gasteiger partial charge is 0.507 e. The molecule has 0 aliphatic heterocycles. The van der Waals surface area contributed by atoms with E-state index in [1.54, 1.807) is 43.2 Å². The molecule has 1 aromatic heterocycles. The van der Waals surface area contributed by atoms with E-state index in [4.69, 9.17) is 4.74 Å². The van der Waals surface area contributed by atoms with E-state index < -0.39 is 0 Å². The Morgan fingerprint density at radius 2 is 1.70 bits per heavy atom. The molecule has 30 heavy (non-hydrogen) atoms. The number of carbonyl (C=O) groups is 1. The van der Waals surface area contributed by atoms with E-state index in [2.05, 4.69) is 29.2 Å². The van der Waals surface area contributed by atoms with Gasteiger partial charge in [-0.25, -0.2) is 0 Å². The molecule has 0 fully saturated rings. The Bertz CT molecular complexity index is 985. The molecule has 0 saturated heterocycles. The van der Waals surface area contributed by atoms with Crippen molar-refractivity contribution >= 4 is 17.5 Å². The first-order valence-corrected chi connectivity index (χ1v) is 11.0. The maximum absolute atomic E-state index is 12.3. The first-order chi connectivity index (χ1) is 14.4. The van der Waals surface area contributed by atoms with E-state index in [0.717, 1.165) is 11.3 Å². The number of thioether (sulfide) groups is 1. The highest BCUT2D eigenvalue weighted by molar-refractivity contribution is 7.98. The Hall–Kier alpha value is -2.79. The van der Waals surface area contributed by atoms with E-state index >= 15 is 0 Å². The monoisotopic (exact) mass is 421 g/mol. The third-order valence-electron chi connectivity index (χ3n) is 4.75. The molecule has 0 aliphatic rings. The van der Waals surface area contributed by atoms with Crippen LogP contribution in [0.15, 0.2) is 65.8 Å².